The van der Waals surface area contributed by atoms with Gasteiger partial charge in [-0.1, -0.05) is 90.9 Å². The Morgan fingerprint density at radius 3 is 1.29 bits per heavy atom. The van der Waals surface area contributed by atoms with Crippen molar-refractivity contribution in [2.24, 2.45) is 0 Å². The Kier molecular flexibility index (Phi) is 17.1. The standard InChI is InChI=1S/2C8H17.Al.H2/c2*1-3-5-7-8-6-4-2;;/h2*1,3-8H2,2H3;;1H. The van der Waals surface area contributed by atoms with Crippen LogP contribution in [0.3, 0.4) is 0 Å². The lowest BCUT2D eigenvalue weighted by atomic mass is 10.1. The Balaban J connectivity index is 0. The first-order valence-corrected chi connectivity index (χ1v) is 9.86. The molecule has 0 atom stereocenters. The van der Waals surface area contributed by atoms with Crippen molar-refractivity contribution in [3.63, 3.8) is 0 Å². The van der Waals surface area contributed by atoms with E-state index in [2.05, 4.69) is 13.8 Å². The van der Waals surface area contributed by atoms with E-state index in [4.69, 9.17) is 0 Å². The number of hydrogen-bond donors (Lipinski definition) is 0. The fourth-order valence-corrected chi connectivity index (χ4v) is 3.73. The van der Waals surface area contributed by atoms with Crippen LogP contribution in [0.4, 0.5) is 0 Å². The summed E-state index contributed by atoms with van der Waals surface area (Å²) in [6.07, 6.45) is 17.6. The van der Waals surface area contributed by atoms with Crippen molar-refractivity contribution in [1.82, 2.24) is 0 Å². The molecule has 0 fully saturated rings. The van der Waals surface area contributed by atoms with Gasteiger partial charge in [0.2, 0.25) is 0 Å². The van der Waals surface area contributed by atoms with Gasteiger partial charge in [0, 0.05) is 1.43 Å². The first-order valence-electron chi connectivity index (χ1n) is 8.23. The van der Waals surface area contributed by atoms with Crippen LogP contribution in [0.25, 0.3) is 0 Å². The van der Waals surface area contributed by atoms with Gasteiger partial charge in [0.05, 0.1) is 0 Å². The predicted molar refractivity (Wildman–Crippen MR) is 84.2 cm³/mol. The van der Waals surface area contributed by atoms with Gasteiger partial charge in [-0.25, -0.2) is 0 Å². The van der Waals surface area contributed by atoms with Crippen LogP contribution in [-0.4, -0.2) is 15.2 Å². The highest BCUT2D eigenvalue weighted by molar-refractivity contribution is 6.35. The summed E-state index contributed by atoms with van der Waals surface area (Å²) in [5, 5.41) is 3.14. The molecule has 0 nitrogen and oxygen atoms in total. The first-order chi connectivity index (χ1) is 8.41. The molecule has 0 amide bonds. The van der Waals surface area contributed by atoms with Gasteiger partial charge >= 0.3 is 0 Å². The SMILES string of the molecule is CCCCCCC[CH2][Al][CH2]CCCCCCC.[HH]. The van der Waals surface area contributed by atoms with Crippen molar-refractivity contribution in [2.75, 3.05) is 0 Å². The monoisotopic (exact) mass is 255 g/mol. The lowest BCUT2D eigenvalue weighted by Gasteiger charge is -2.01. The van der Waals surface area contributed by atoms with Crippen molar-refractivity contribution in [3.05, 3.63) is 0 Å². The Morgan fingerprint density at radius 1 is 0.529 bits per heavy atom. The Hall–Kier alpha value is 0.532. The van der Waals surface area contributed by atoms with Crippen molar-refractivity contribution < 1.29 is 1.43 Å². The molecule has 0 aliphatic rings. The van der Waals surface area contributed by atoms with Gasteiger partial charge in [0.1, 0.15) is 0 Å². The maximum Gasteiger partial charge on any atom is 0.199 e. The molecule has 0 N–H and O–H groups in total. The third kappa shape index (κ3) is 16.5. The second kappa shape index (κ2) is 16.5. The zero-order valence-electron chi connectivity index (χ0n) is 12.5. The van der Waals surface area contributed by atoms with Gasteiger partial charge in [-0.05, 0) is 0 Å². The fraction of sp³-hybridized carbons (Fsp3) is 1.00. The Labute approximate surface area is 118 Å². The van der Waals surface area contributed by atoms with E-state index < -0.39 is 0 Å². The second-order valence-corrected chi connectivity index (χ2v) is 7.13. The lowest BCUT2D eigenvalue weighted by Crippen LogP contribution is -1.90. The van der Waals surface area contributed by atoms with Crippen LogP contribution in [0, 0.1) is 0 Å². The zero-order chi connectivity index (χ0) is 12.6. The molecule has 0 bridgehead atoms. The molecule has 0 aromatic heterocycles. The molecular weight excluding hydrogens is 219 g/mol. The van der Waals surface area contributed by atoms with E-state index >= 15 is 0 Å². The van der Waals surface area contributed by atoms with Gasteiger partial charge in [0.25, 0.3) is 0 Å². The highest BCUT2D eigenvalue weighted by Gasteiger charge is 1.95. The minimum Gasteiger partial charge on any atom is -0.104 e. The predicted octanol–water partition coefficient (Wildman–Crippen LogP) is 6.49. The number of hydrogen-bond acceptors (Lipinski definition) is 0. The topological polar surface area (TPSA) is 0 Å². The van der Waals surface area contributed by atoms with Crippen molar-refractivity contribution in [3.8, 4) is 0 Å². The largest absolute Gasteiger partial charge is 0.199 e. The average molecular weight is 255 g/mol. The average Bonchev–Trinajstić information content (AvgIpc) is 2.35. The fourth-order valence-electron chi connectivity index (χ4n) is 2.28. The molecule has 1 heteroatoms. The molecule has 1 radical (unpaired) electrons. The summed E-state index contributed by atoms with van der Waals surface area (Å²) in [7, 11) is 0. The van der Waals surface area contributed by atoms with Gasteiger partial charge in [-0.15, -0.1) is 10.6 Å². The van der Waals surface area contributed by atoms with Gasteiger partial charge < -0.3 is 0 Å². The van der Waals surface area contributed by atoms with E-state index in [1.165, 1.54) is 77.0 Å². The summed E-state index contributed by atoms with van der Waals surface area (Å²) < 4.78 is 0. The number of unbranched alkanes of at least 4 members (excludes halogenated alkanes) is 10. The molecule has 0 aromatic rings. The van der Waals surface area contributed by atoms with Crippen LogP contribution in [0.5, 0.6) is 0 Å². The second-order valence-electron chi connectivity index (χ2n) is 5.40. The normalized spacial score (nSPS) is 10.7. The Bertz CT molecular complexity index is 114. The van der Waals surface area contributed by atoms with E-state index in [0.29, 0.717) is 0 Å². The van der Waals surface area contributed by atoms with E-state index in [1.807, 2.05) is 0 Å². The van der Waals surface area contributed by atoms with Crippen LogP contribution in [0.1, 0.15) is 92.3 Å². The van der Waals surface area contributed by atoms with Crippen LogP contribution >= 0.6 is 0 Å². The molecule has 0 saturated carbocycles. The number of rotatable bonds is 14. The van der Waals surface area contributed by atoms with Crippen LogP contribution in [-0.2, 0) is 0 Å². The molecule has 0 rings (SSSR count). The molecule has 17 heavy (non-hydrogen) atoms. The van der Waals surface area contributed by atoms with Crippen LogP contribution in [0.2, 0.25) is 10.6 Å². The maximum atomic E-state index is 2.30. The molecule has 0 aliphatic heterocycles. The zero-order valence-corrected chi connectivity index (χ0v) is 13.6. The quantitative estimate of drug-likeness (QED) is 0.246. The molecule has 103 valence electrons. The molecular formula is C16H36Al. The van der Waals surface area contributed by atoms with Crippen molar-refractivity contribution in [2.45, 2.75) is 101 Å². The third-order valence-corrected chi connectivity index (χ3v) is 5.16. The lowest BCUT2D eigenvalue weighted by molar-refractivity contribution is 0.618. The van der Waals surface area contributed by atoms with Gasteiger partial charge in [0.15, 0.2) is 15.2 Å². The summed E-state index contributed by atoms with van der Waals surface area (Å²) in [4.78, 5) is 0. The van der Waals surface area contributed by atoms with E-state index in [1.54, 1.807) is 10.6 Å². The van der Waals surface area contributed by atoms with E-state index in [9.17, 15) is 0 Å². The minimum atomic E-state index is 0. The molecule has 0 spiro atoms. The van der Waals surface area contributed by atoms with E-state index in [-0.39, 0.29) is 1.43 Å². The molecule has 0 heterocycles. The summed E-state index contributed by atoms with van der Waals surface area (Å²) in [5.41, 5.74) is 0. The van der Waals surface area contributed by atoms with Gasteiger partial charge in [-0.2, -0.15) is 0 Å². The summed E-state index contributed by atoms with van der Waals surface area (Å²) in [5.74, 6) is 0. The molecule has 0 saturated heterocycles. The maximum absolute atomic E-state index is 2.30. The van der Waals surface area contributed by atoms with Crippen molar-refractivity contribution in [1.29, 1.82) is 0 Å². The summed E-state index contributed by atoms with van der Waals surface area (Å²) in [6.45, 7) is 4.59. The highest BCUT2D eigenvalue weighted by atomic mass is 27.1. The Morgan fingerprint density at radius 2 is 0.882 bits per heavy atom. The third-order valence-electron chi connectivity index (χ3n) is 3.52. The molecule has 0 aliphatic carbocycles. The summed E-state index contributed by atoms with van der Waals surface area (Å²) >= 11 is 0.794. The smallest absolute Gasteiger partial charge is 0.104 e. The van der Waals surface area contributed by atoms with Gasteiger partial charge in [-0.3, -0.25) is 0 Å². The summed E-state index contributed by atoms with van der Waals surface area (Å²) in [6, 6.07) is 0. The minimum absolute atomic E-state index is 0. The molecule has 0 aromatic carbocycles. The van der Waals surface area contributed by atoms with Crippen molar-refractivity contribution >= 4 is 15.2 Å². The van der Waals surface area contributed by atoms with Crippen LogP contribution in [0.15, 0.2) is 0 Å². The first kappa shape index (κ1) is 17.5. The molecule has 0 unspecified atom stereocenters. The van der Waals surface area contributed by atoms with Crippen LogP contribution < -0.4 is 0 Å². The highest BCUT2D eigenvalue weighted by Crippen LogP contribution is 2.10. The van der Waals surface area contributed by atoms with E-state index in [0.717, 1.165) is 15.2 Å².